The van der Waals surface area contributed by atoms with E-state index < -0.39 is 0 Å². The number of fused-ring (bicyclic) bond motifs is 6. The number of amides is 4. The second-order valence-electron chi connectivity index (χ2n) is 28.1. The van der Waals surface area contributed by atoms with E-state index in [-0.39, 0.29) is 69.5 Å². The summed E-state index contributed by atoms with van der Waals surface area (Å²) in [7, 11) is 0. The number of aromatic nitrogens is 12. The van der Waals surface area contributed by atoms with Crippen molar-refractivity contribution in [2.75, 3.05) is 73.6 Å². The van der Waals surface area contributed by atoms with Crippen LogP contribution in [0.1, 0.15) is 51.4 Å². The fourth-order valence-corrected chi connectivity index (χ4v) is 14.9. The van der Waals surface area contributed by atoms with Gasteiger partial charge in [-0.05, 0) is 129 Å². The summed E-state index contributed by atoms with van der Waals surface area (Å²) < 4.78 is 5.90. The van der Waals surface area contributed by atoms with E-state index in [4.69, 9.17) is 4.74 Å². The molecular formula is C86H84N20O9. The molecule has 5 aromatic carbocycles. The Morgan fingerprint density at radius 2 is 0.774 bits per heavy atom. The lowest BCUT2D eigenvalue weighted by molar-refractivity contribution is -0.127. The third-order valence-electron chi connectivity index (χ3n) is 20.5. The standard InChI is InChI=1S/C25H23N5O3.2C21H21N5O2.C19H19N5O2/c1-2-21(31)30-12-6-7-16(14-30)28-24-22-23(32)19-13-18(33-17-8-4-3-5-9-17)10-11-20(19)29-25(22)27-15-26-24;1-2-18(28)26-10-6-9-15(12-26)24-20-19-17(27)11-16(14-7-4-3-5-8-14)25-21(19)23-13-22-20;1-2-17(27)26-10-6-9-15(12-26)25-21-18-19(28)16(14-7-4-3-5-8-14)11-22-20(18)23-13-24-21;1-2-15(25)24-9-5-6-12(10-24)22-18-16-17(26)13-7-3-4-8-14(13)23-19(16)21-11-20-18/h2-5,8-11,13,15-16H,1,6-7,12,14H2,(H2,26,27,28,29,32);2-5,7-8,11,13,15H,1,6,9-10,12H2,(H2,22,23,24,25,27);2-5,7-8,11,13,15H,1,6,9-10,12H2,(H2,22,23,24,25,28);2-4,7-8,11-12H,1,5-6,9-10H2,(H2,20,21,22,23,26). The molecule has 0 radical (unpaired) electrons. The Morgan fingerprint density at radius 1 is 0.391 bits per heavy atom. The van der Waals surface area contributed by atoms with Crippen LogP contribution in [0.3, 0.4) is 0 Å². The van der Waals surface area contributed by atoms with Gasteiger partial charge in [-0.2, -0.15) is 0 Å². The molecular weight excluding hydrogens is 1460 g/mol. The highest BCUT2D eigenvalue weighted by molar-refractivity contribution is 5.98. The molecule has 0 bridgehead atoms. The molecule has 4 saturated heterocycles. The van der Waals surface area contributed by atoms with Crippen LogP contribution in [0.5, 0.6) is 11.5 Å². The lowest BCUT2D eigenvalue weighted by Crippen LogP contribution is -2.44. The number of piperidine rings is 4. The van der Waals surface area contributed by atoms with Gasteiger partial charge in [-0.3, -0.25) is 38.4 Å². The highest BCUT2D eigenvalue weighted by Gasteiger charge is 2.29. The van der Waals surface area contributed by atoms with Crippen molar-refractivity contribution >= 4 is 113 Å². The topological polar surface area (TPSA) is 373 Å². The maximum Gasteiger partial charge on any atom is 0.246 e. The monoisotopic (exact) mass is 1540 g/mol. The van der Waals surface area contributed by atoms with Crippen molar-refractivity contribution in [2.45, 2.75) is 75.5 Å². The predicted octanol–water partition coefficient (Wildman–Crippen LogP) is 11.1. The third kappa shape index (κ3) is 17.8. The number of nitrogens with one attached hydrogen (secondary N) is 8. The van der Waals surface area contributed by atoms with E-state index in [1.807, 2.05) is 121 Å². The van der Waals surface area contributed by atoms with Crippen LogP contribution < -0.4 is 47.7 Å². The molecule has 4 aliphatic heterocycles. The van der Waals surface area contributed by atoms with E-state index in [0.29, 0.717) is 152 Å². The maximum absolute atomic E-state index is 13.5. The zero-order chi connectivity index (χ0) is 79.9. The molecule has 29 nitrogen and oxygen atoms in total. The number of H-pyrrole nitrogens is 4. The van der Waals surface area contributed by atoms with E-state index in [9.17, 15) is 38.4 Å². The van der Waals surface area contributed by atoms with Crippen LogP contribution in [0.2, 0.25) is 0 Å². The minimum Gasteiger partial charge on any atom is -0.457 e. The Kier molecular flexibility index (Phi) is 24.0. The van der Waals surface area contributed by atoms with E-state index in [1.165, 1.54) is 49.6 Å². The molecule has 0 saturated carbocycles. The van der Waals surface area contributed by atoms with E-state index >= 15 is 0 Å². The summed E-state index contributed by atoms with van der Waals surface area (Å²) in [6, 6.07) is 42.8. The largest absolute Gasteiger partial charge is 0.457 e. The predicted molar refractivity (Wildman–Crippen MR) is 447 cm³/mol. The first-order valence-electron chi connectivity index (χ1n) is 38.0. The van der Waals surface area contributed by atoms with Crippen molar-refractivity contribution in [3.63, 3.8) is 0 Å². The number of rotatable bonds is 16. The molecule has 115 heavy (non-hydrogen) atoms. The molecule has 17 rings (SSSR count). The molecule has 4 amide bonds. The Morgan fingerprint density at radius 3 is 1.23 bits per heavy atom. The lowest BCUT2D eigenvalue weighted by Gasteiger charge is -2.32. The third-order valence-corrected chi connectivity index (χ3v) is 20.5. The summed E-state index contributed by atoms with van der Waals surface area (Å²) in [5.41, 5.74) is 5.80. The number of nitrogens with zero attached hydrogens (tertiary/aromatic N) is 12. The summed E-state index contributed by atoms with van der Waals surface area (Å²) >= 11 is 0. The fourth-order valence-electron chi connectivity index (χ4n) is 14.9. The SMILES string of the molecule is C=CC(=O)N1CCCC(Nc2ncnc3[nH]c(-c4ccccc4)cc(=O)c23)C1.C=CC(=O)N1CCCC(Nc2ncnc3[nH]c4ccc(Oc5ccccc5)cc4c(=O)c23)C1.C=CC(=O)N1CCCC(Nc2ncnc3[nH]c4ccccc4c(=O)c23)C1.C=CC(=O)N1CCCC(Nc2ncnc3[nH]cc(-c4ccccc4)c(=O)c23)C1. The first-order chi connectivity index (χ1) is 56.1. The van der Waals surface area contributed by atoms with Gasteiger partial charge < -0.3 is 65.5 Å². The number of pyridine rings is 4. The van der Waals surface area contributed by atoms with Crippen LogP contribution in [0.25, 0.3) is 88.3 Å². The van der Waals surface area contributed by atoms with Gasteiger partial charge in [0.05, 0.1) is 22.1 Å². The number of carbonyl (C=O) groups is 4. The van der Waals surface area contributed by atoms with Gasteiger partial charge in [0.2, 0.25) is 39.9 Å². The summed E-state index contributed by atoms with van der Waals surface area (Å²) in [5, 5.41) is 16.2. The van der Waals surface area contributed by atoms with Gasteiger partial charge in [0.15, 0.2) is 5.43 Å². The Labute approximate surface area is 658 Å². The number of aromatic amines is 4. The molecule has 582 valence electrons. The lowest BCUT2D eigenvalue weighted by atomic mass is 10.0. The summed E-state index contributed by atoms with van der Waals surface area (Å²) in [4.78, 5) is 154. The number of para-hydroxylation sites is 2. The highest BCUT2D eigenvalue weighted by atomic mass is 16.5. The molecule has 29 heteroatoms. The van der Waals surface area contributed by atoms with Gasteiger partial charge in [0.1, 0.15) is 104 Å². The minimum absolute atomic E-state index is 0.00975. The van der Waals surface area contributed by atoms with Crippen molar-refractivity contribution < 1.29 is 23.9 Å². The Bertz CT molecular complexity index is 6080. The molecule has 0 spiro atoms. The Hall–Kier alpha value is -14.4. The quantitative estimate of drug-likeness (QED) is 0.0329. The number of likely N-dealkylation sites (tertiary alicyclic amines) is 4. The zero-order valence-corrected chi connectivity index (χ0v) is 63.0. The normalized spacial score (nSPS) is 16.7. The molecule has 12 heterocycles. The van der Waals surface area contributed by atoms with Gasteiger partial charge in [0.25, 0.3) is 0 Å². The molecule has 4 aliphatic rings. The van der Waals surface area contributed by atoms with Crippen molar-refractivity contribution in [2.24, 2.45) is 0 Å². The van der Waals surface area contributed by atoms with Gasteiger partial charge in [0, 0.05) is 99.7 Å². The van der Waals surface area contributed by atoms with Crippen molar-refractivity contribution in [1.82, 2.24) is 79.4 Å². The van der Waals surface area contributed by atoms with Gasteiger partial charge in [-0.25, -0.2) is 39.9 Å². The highest BCUT2D eigenvalue weighted by Crippen LogP contribution is 2.30. The van der Waals surface area contributed by atoms with Crippen molar-refractivity contribution in [1.29, 1.82) is 0 Å². The van der Waals surface area contributed by atoms with Crippen LogP contribution in [-0.4, -0.2) is 180 Å². The van der Waals surface area contributed by atoms with Crippen molar-refractivity contribution in [3.05, 3.63) is 263 Å². The number of carbonyl (C=O) groups excluding carboxylic acids is 4. The van der Waals surface area contributed by atoms with Crippen LogP contribution >= 0.6 is 0 Å². The van der Waals surface area contributed by atoms with Gasteiger partial charge in [-0.15, -0.1) is 0 Å². The first kappa shape index (κ1) is 77.4. The van der Waals surface area contributed by atoms with E-state index in [0.717, 1.165) is 74.6 Å². The minimum atomic E-state index is -0.185. The van der Waals surface area contributed by atoms with Crippen LogP contribution in [0, 0.1) is 0 Å². The molecule has 4 atom stereocenters. The average Bonchev–Trinajstić information content (AvgIpc) is 0.768. The fraction of sp³-hybridized carbons (Fsp3) is 0.233. The molecule has 8 aromatic heterocycles. The number of hydrogen-bond donors (Lipinski definition) is 8. The second-order valence-corrected chi connectivity index (χ2v) is 28.1. The van der Waals surface area contributed by atoms with Crippen LogP contribution in [0.15, 0.2) is 241 Å². The first-order valence-corrected chi connectivity index (χ1v) is 38.0. The van der Waals surface area contributed by atoms with Crippen molar-refractivity contribution in [3.8, 4) is 33.9 Å². The summed E-state index contributed by atoms with van der Waals surface area (Å²) in [5.74, 6) is 2.86. The van der Waals surface area contributed by atoms with Gasteiger partial charge in [-0.1, -0.05) is 117 Å². The number of benzene rings is 5. The van der Waals surface area contributed by atoms with E-state index in [2.05, 4.69) is 107 Å². The van der Waals surface area contributed by atoms with Crippen LogP contribution in [-0.2, 0) is 19.2 Å². The second kappa shape index (κ2) is 35.8. The molecule has 8 N–H and O–H groups in total. The number of hydrogen-bond acceptors (Lipinski definition) is 21. The summed E-state index contributed by atoms with van der Waals surface area (Å²) in [6.07, 6.45) is 19.8. The molecule has 13 aromatic rings. The van der Waals surface area contributed by atoms with Gasteiger partial charge >= 0.3 is 0 Å². The van der Waals surface area contributed by atoms with E-state index in [1.54, 1.807) is 44.0 Å². The maximum atomic E-state index is 13.5. The smallest absolute Gasteiger partial charge is 0.246 e. The molecule has 4 unspecified atom stereocenters. The zero-order valence-electron chi connectivity index (χ0n) is 63.0. The number of ether oxygens (including phenoxy) is 1. The summed E-state index contributed by atoms with van der Waals surface area (Å²) in [6.45, 7) is 19.3. The van der Waals surface area contributed by atoms with Crippen LogP contribution in [0.4, 0.5) is 23.3 Å². The number of anilines is 4. The molecule has 0 aliphatic carbocycles. The molecule has 4 fully saturated rings. The average molecular weight is 1540 g/mol. The Balaban J connectivity index is 0.000000127.